The molecule has 0 amide bonds. The van der Waals surface area contributed by atoms with Crippen molar-refractivity contribution in [2.75, 3.05) is 0 Å². The van der Waals surface area contributed by atoms with E-state index in [0.29, 0.717) is 0 Å². The fourth-order valence-corrected chi connectivity index (χ4v) is 3.03. The van der Waals surface area contributed by atoms with E-state index in [1.165, 1.54) is 24.3 Å². The minimum Gasteiger partial charge on any atom is -0.479 e. The number of aliphatic carboxylic acids is 2. The minimum absolute atomic E-state index is 0.352. The molecule has 2 aromatic rings. The summed E-state index contributed by atoms with van der Waals surface area (Å²) in [6.07, 6.45) is -2.30. The van der Waals surface area contributed by atoms with Crippen molar-refractivity contribution >= 4 is 23.3 Å². The van der Waals surface area contributed by atoms with Gasteiger partial charge < -0.3 is 20.4 Å². The van der Waals surface area contributed by atoms with Crippen LogP contribution in [0, 0.1) is 20.2 Å². The van der Waals surface area contributed by atoms with Gasteiger partial charge in [-0.2, -0.15) is 0 Å². The molecule has 0 aliphatic rings. The molecule has 0 aliphatic carbocycles. The number of nitro groups is 2. The Morgan fingerprint density at radius 3 is 1.30 bits per heavy atom. The van der Waals surface area contributed by atoms with Crippen LogP contribution in [0.4, 0.5) is 11.4 Å². The predicted octanol–water partition coefficient (Wildman–Crippen LogP) is 0.920. The van der Waals surface area contributed by atoms with Crippen LogP contribution in [0.5, 0.6) is 0 Å². The number of para-hydroxylation sites is 2. The highest BCUT2D eigenvalue weighted by molar-refractivity contribution is 5.91. The zero-order valence-corrected chi connectivity index (χ0v) is 15.2. The third-order valence-corrected chi connectivity index (χ3v) is 4.66. The summed E-state index contributed by atoms with van der Waals surface area (Å²) in [5.74, 6) is -4.35. The van der Waals surface area contributed by atoms with Crippen LogP contribution in [-0.4, -0.2) is 53.4 Å². The first-order valence-corrected chi connectivity index (χ1v) is 8.30. The molecule has 2 rings (SSSR count). The molecule has 0 bridgehead atoms. The van der Waals surface area contributed by atoms with Crippen LogP contribution in [0.25, 0.3) is 0 Å². The molecule has 0 aromatic heterocycles. The van der Waals surface area contributed by atoms with E-state index in [9.17, 15) is 50.2 Å². The highest BCUT2D eigenvalue weighted by Gasteiger charge is 2.61. The van der Waals surface area contributed by atoms with Gasteiger partial charge in [0.15, 0.2) is 0 Å². The maximum Gasteiger partial charge on any atom is 0.339 e. The number of carbonyl (C=O) groups is 2. The van der Waals surface area contributed by atoms with E-state index in [1.807, 2.05) is 0 Å². The normalized spacial score (nSPS) is 14.9. The summed E-state index contributed by atoms with van der Waals surface area (Å²) in [6.45, 7) is 0. The van der Waals surface area contributed by atoms with Crippen LogP contribution in [0.3, 0.4) is 0 Å². The molecule has 0 spiro atoms. The van der Waals surface area contributed by atoms with E-state index in [2.05, 4.69) is 0 Å². The summed E-state index contributed by atoms with van der Waals surface area (Å²) in [5, 5.41) is 63.2. The molecule has 30 heavy (non-hydrogen) atoms. The number of hydrogen-bond acceptors (Lipinski definition) is 8. The van der Waals surface area contributed by atoms with Gasteiger partial charge in [0.1, 0.15) is 0 Å². The Labute approximate surface area is 167 Å². The standard InChI is InChI=1S/C18H16N2O10/c21-15(22)17(25,9-11-5-1-3-7-13(11)19(27)28)18(26,16(23)24)10-12-6-2-4-8-14(12)20(29)30/h1-8,25-26H,9-10H2,(H,21,22)(H,23,24). The highest BCUT2D eigenvalue weighted by atomic mass is 16.6. The fourth-order valence-electron chi connectivity index (χ4n) is 3.03. The van der Waals surface area contributed by atoms with Gasteiger partial charge in [-0.1, -0.05) is 36.4 Å². The van der Waals surface area contributed by atoms with Crippen LogP contribution < -0.4 is 0 Å². The van der Waals surface area contributed by atoms with Crippen molar-refractivity contribution in [3.8, 4) is 0 Å². The average molecular weight is 420 g/mol. The molecule has 0 heterocycles. The van der Waals surface area contributed by atoms with Gasteiger partial charge in [0, 0.05) is 36.1 Å². The Hall–Kier alpha value is -3.90. The third-order valence-electron chi connectivity index (χ3n) is 4.66. The number of benzene rings is 2. The maximum atomic E-state index is 11.9. The molecule has 12 heteroatoms. The van der Waals surface area contributed by atoms with E-state index in [0.717, 1.165) is 24.3 Å². The Bertz CT molecular complexity index is 942. The maximum absolute atomic E-state index is 11.9. The zero-order valence-electron chi connectivity index (χ0n) is 15.2. The van der Waals surface area contributed by atoms with Gasteiger partial charge in [-0.05, 0) is 0 Å². The molecular weight excluding hydrogens is 404 g/mol. The van der Waals surface area contributed by atoms with Crippen molar-refractivity contribution in [3.05, 3.63) is 79.9 Å². The van der Waals surface area contributed by atoms with Gasteiger partial charge in [-0.3, -0.25) is 20.2 Å². The summed E-state index contributed by atoms with van der Waals surface area (Å²) >= 11 is 0. The van der Waals surface area contributed by atoms with Crippen LogP contribution >= 0.6 is 0 Å². The summed E-state index contributed by atoms with van der Waals surface area (Å²) in [7, 11) is 0. The van der Waals surface area contributed by atoms with Crippen molar-refractivity contribution in [2.45, 2.75) is 24.0 Å². The van der Waals surface area contributed by atoms with Gasteiger partial charge in [0.05, 0.1) is 9.85 Å². The number of carboxylic acid groups (broad SMARTS) is 2. The Balaban J connectivity index is 2.64. The molecule has 2 aromatic carbocycles. The summed E-state index contributed by atoms with van der Waals surface area (Å²) in [5.41, 5.74) is -8.83. The lowest BCUT2D eigenvalue weighted by molar-refractivity contribution is -0.386. The largest absolute Gasteiger partial charge is 0.479 e. The van der Waals surface area contributed by atoms with E-state index in [1.54, 1.807) is 0 Å². The van der Waals surface area contributed by atoms with Gasteiger partial charge in [-0.15, -0.1) is 0 Å². The molecular formula is C18H16N2O10. The lowest BCUT2D eigenvalue weighted by Gasteiger charge is -2.37. The van der Waals surface area contributed by atoms with E-state index in [-0.39, 0.29) is 11.1 Å². The topological polar surface area (TPSA) is 201 Å². The lowest BCUT2D eigenvalue weighted by atomic mass is 9.74. The zero-order chi connectivity index (χ0) is 22.7. The van der Waals surface area contributed by atoms with Crippen LogP contribution in [0.2, 0.25) is 0 Å². The minimum atomic E-state index is -3.46. The van der Waals surface area contributed by atoms with Crippen molar-refractivity contribution in [1.29, 1.82) is 0 Å². The molecule has 0 saturated carbocycles. The molecule has 0 radical (unpaired) electrons. The van der Waals surface area contributed by atoms with E-state index < -0.39 is 57.2 Å². The van der Waals surface area contributed by atoms with Gasteiger partial charge in [-0.25, -0.2) is 9.59 Å². The van der Waals surface area contributed by atoms with Crippen molar-refractivity contribution in [3.63, 3.8) is 0 Å². The number of carboxylic acids is 2. The summed E-state index contributed by atoms with van der Waals surface area (Å²) < 4.78 is 0. The van der Waals surface area contributed by atoms with Crippen LogP contribution in [-0.2, 0) is 22.4 Å². The van der Waals surface area contributed by atoms with Gasteiger partial charge in [0.25, 0.3) is 11.4 Å². The molecule has 2 unspecified atom stereocenters. The quantitative estimate of drug-likeness (QED) is 0.334. The number of nitro benzene ring substituents is 2. The van der Waals surface area contributed by atoms with E-state index in [4.69, 9.17) is 0 Å². The second-order valence-corrected chi connectivity index (χ2v) is 6.46. The first kappa shape index (κ1) is 22.4. The Morgan fingerprint density at radius 2 is 1.03 bits per heavy atom. The van der Waals surface area contributed by atoms with Gasteiger partial charge >= 0.3 is 11.9 Å². The Kier molecular flexibility index (Phi) is 6.14. The SMILES string of the molecule is O=C(O)C(O)(Cc1ccccc1[N+](=O)[O-])C(O)(Cc1ccccc1[N+](=O)[O-])C(=O)O. The molecule has 0 saturated heterocycles. The van der Waals surface area contributed by atoms with Crippen molar-refractivity contribution in [2.24, 2.45) is 0 Å². The first-order valence-electron chi connectivity index (χ1n) is 8.30. The molecule has 0 fully saturated rings. The first-order chi connectivity index (χ1) is 13.9. The number of rotatable bonds is 9. The average Bonchev–Trinajstić information content (AvgIpc) is 2.67. The van der Waals surface area contributed by atoms with Crippen molar-refractivity contribution < 1.29 is 39.9 Å². The molecule has 158 valence electrons. The monoisotopic (exact) mass is 420 g/mol. The predicted molar refractivity (Wildman–Crippen MR) is 98.8 cm³/mol. The van der Waals surface area contributed by atoms with Crippen molar-refractivity contribution in [1.82, 2.24) is 0 Å². The number of hydrogen-bond donors (Lipinski definition) is 4. The number of aliphatic hydroxyl groups is 2. The smallest absolute Gasteiger partial charge is 0.339 e. The highest BCUT2D eigenvalue weighted by Crippen LogP contribution is 2.35. The third kappa shape index (κ3) is 3.94. The summed E-state index contributed by atoms with van der Waals surface area (Å²) in [4.78, 5) is 44.4. The Morgan fingerprint density at radius 1 is 0.733 bits per heavy atom. The molecule has 4 N–H and O–H groups in total. The number of nitrogens with zero attached hydrogens (tertiary/aromatic N) is 2. The lowest BCUT2D eigenvalue weighted by Crippen LogP contribution is -2.66. The second-order valence-electron chi connectivity index (χ2n) is 6.46. The fraction of sp³-hybridized carbons (Fsp3) is 0.222. The second kappa shape index (κ2) is 8.23. The van der Waals surface area contributed by atoms with Crippen LogP contribution in [0.1, 0.15) is 11.1 Å². The summed E-state index contributed by atoms with van der Waals surface area (Å²) in [6, 6.07) is 9.37. The van der Waals surface area contributed by atoms with Gasteiger partial charge in [0.2, 0.25) is 11.2 Å². The molecule has 0 aliphatic heterocycles. The molecule has 2 atom stereocenters. The molecule has 12 nitrogen and oxygen atoms in total. The van der Waals surface area contributed by atoms with E-state index >= 15 is 0 Å². The van der Waals surface area contributed by atoms with Crippen LogP contribution in [0.15, 0.2) is 48.5 Å².